The number of hydrogen-bond donors (Lipinski definition) is 1. The highest BCUT2D eigenvalue weighted by Gasteiger charge is 2.33. The lowest BCUT2D eigenvalue weighted by molar-refractivity contribution is 0.597. The lowest BCUT2D eigenvalue weighted by Crippen LogP contribution is -2.19. The predicted molar refractivity (Wildman–Crippen MR) is 154 cm³/mol. The zero-order chi connectivity index (χ0) is 27.0. The molecule has 2 heterocycles. The maximum absolute atomic E-state index is 11.9. The van der Waals surface area contributed by atoms with Gasteiger partial charge in [0.1, 0.15) is 0 Å². The van der Waals surface area contributed by atoms with Gasteiger partial charge in [-0.3, -0.25) is 5.01 Å². The summed E-state index contributed by atoms with van der Waals surface area (Å²) in [6.45, 7) is 2.07. The van der Waals surface area contributed by atoms with Gasteiger partial charge in [-0.2, -0.15) is 10.2 Å². The first-order chi connectivity index (χ1) is 18.9. The van der Waals surface area contributed by atoms with Gasteiger partial charge >= 0.3 is 0 Å². The van der Waals surface area contributed by atoms with Crippen molar-refractivity contribution in [3.8, 4) is 16.9 Å². The third kappa shape index (κ3) is 4.99. The van der Waals surface area contributed by atoms with Gasteiger partial charge in [-0.05, 0) is 48.9 Å². The van der Waals surface area contributed by atoms with E-state index in [9.17, 15) is 8.42 Å². The normalized spacial score (nSPS) is 15.4. The second kappa shape index (κ2) is 9.98. The van der Waals surface area contributed by atoms with Crippen LogP contribution in [0.3, 0.4) is 0 Å². The number of nitrogens with two attached hydrogens (primary N) is 1. The van der Waals surface area contributed by atoms with E-state index in [-0.39, 0.29) is 10.9 Å². The Hall–Kier alpha value is -4.53. The Labute approximate surface area is 227 Å². The van der Waals surface area contributed by atoms with Crippen LogP contribution in [-0.2, 0) is 10.0 Å². The molecule has 1 unspecified atom stereocenters. The van der Waals surface area contributed by atoms with Crippen LogP contribution in [0.5, 0.6) is 0 Å². The molecule has 0 radical (unpaired) electrons. The van der Waals surface area contributed by atoms with E-state index in [0.717, 1.165) is 39.5 Å². The van der Waals surface area contributed by atoms with Gasteiger partial charge in [-0.1, -0.05) is 78.4 Å². The number of aryl methyl sites for hydroxylation is 1. The topological polar surface area (TPSA) is 93.6 Å². The number of anilines is 1. The summed E-state index contributed by atoms with van der Waals surface area (Å²) in [7, 11) is -3.80. The molecular weight excluding hydrogens is 506 g/mol. The first kappa shape index (κ1) is 24.8. The van der Waals surface area contributed by atoms with Crippen LogP contribution >= 0.6 is 0 Å². The van der Waals surface area contributed by atoms with Crippen LogP contribution in [0.1, 0.15) is 29.2 Å². The number of sulfonamides is 1. The molecule has 0 aliphatic carbocycles. The van der Waals surface area contributed by atoms with E-state index in [2.05, 4.69) is 49.5 Å². The molecule has 39 heavy (non-hydrogen) atoms. The summed E-state index contributed by atoms with van der Waals surface area (Å²) in [4.78, 5) is 0.0616. The van der Waals surface area contributed by atoms with Crippen molar-refractivity contribution in [2.45, 2.75) is 24.3 Å². The Bertz CT molecular complexity index is 1750. The Morgan fingerprint density at radius 3 is 2.05 bits per heavy atom. The second-order valence-electron chi connectivity index (χ2n) is 9.60. The SMILES string of the molecule is Cc1ccc(-c2nn(-c3ccccc3)cc2C2CC(c3ccccc3)=NN2c2ccc(S(N)(=O)=O)cc2)cc1. The Balaban J connectivity index is 1.50. The summed E-state index contributed by atoms with van der Waals surface area (Å²) in [5.74, 6) is 0. The highest BCUT2D eigenvalue weighted by molar-refractivity contribution is 7.89. The number of primary sulfonamides is 1. The smallest absolute Gasteiger partial charge is 0.238 e. The number of benzene rings is 4. The quantitative estimate of drug-likeness (QED) is 0.296. The fourth-order valence-corrected chi connectivity index (χ4v) is 5.38. The molecule has 1 atom stereocenters. The largest absolute Gasteiger partial charge is 0.257 e. The summed E-state index contributed by atoms with van der Waals surface area (Å²) in [5.41, 5.74) is 7.80. The maximum Gasteiger partial charge on any atom is 0.238 e. The highest BCUT2D eigenvalue weighted by atomic mass is 32.2. The standard InChI is InChI=1S/C31H27N5O2S/c1-22-12-14-24(15-13-22)31-28(21-35(34-31)25-10-6-3-7-11-25)30-20-29(23-8-4-2-5-9-23)33-36(30)26-16-18-27(19-17-26)39(32,37)38/h2-19,21,30H,20H2,1H3,(H2,32,37,38). The van der Waals surface area contributed by atoms with Gasteiger partial charge in [-0.25, -0.2) is 18.2 Å². The molecule has 1 aromatic heterocycles. The number of hydrogen-bond acceptors (Lipinski definition) is 5. The first-order valence-electron chi connectivity index (χ1n) is 12.6. The van der Waals surface area contributed by atoms with Gasteiger partial charge in [-0.15, -0.1) is 0 Å². The molecule has 7 nitrogen and oxygen atoms in total. The van der Waals surface area contributed by atoms with Crippen molar-refractivity contribution >= 4 is 21.4 Å². The van der Waals surface area contributed by atoms with E-state index in [0.29, 0.717) is 6.42 Å². The van der Waals surface area contributed by atoms with Crippen molar-refractivity contribution in [2.75, 3.05) is 5.01 Å². The zero-order valence-electron chi connectivity index (χ0n) is 21.3. The van der Waals surface area contributed by atoms with E-state index in [4.69, 9.17) is 15.3 Å². The van der Waals surface area contributed by atoms with Gasteiger partial charge in [0.15, 0.2) is 0 Å². The minimum atomic E-state index is -3.80. The molecule has 194 valence electrons. The minimum absolute atomic E-state index is 0.0616. The van der Waals surface area contributed by atoms with Crippen molar-refractivity contribution in [3.05, 3.63) is 132 Å². The maximum atomic E-state index is 11.9. The average molecular weight is 534 g/mol. The van der Waals surface area contributed by atoms with E-state index < -0.39 is 10.0 Å². The third-order valence-corrected chi connectivity index (χ3v) is 7.82. The van der Waals surface area contributed by atoms with Gasteiger partial charge in [0.2, 0.25) is 10.0 Å². The summed E-state index contributed by atoms with van der Waals surface area (Å²) < 4.78 is 25.7. The van der Waals surface area contributed by atoms with Crippen molar-refractivity contribution in [3.63, 3.8) is 0 Å². The molecule has 1 aliphatic rings. The van der Waals surface area contributed by atoms with Gasteiger partial charge in [0.05, 0.1) is 33.7 Å². The molecular formula is C31H27N5O2S. The Kier molecular flexibility index (Phi) is 6.34. The summed E-state index contributed by atoms with van der Waals surface area (Å²) >= 11 is 0. The number of aromatic nitrogens is 2. The highest BCUT2D eigenvalue weighted by Crippen LogP contribution is 2.41. The second-order valence-corrected chi connectivity index (χ2v) is 11.2. The van der Waals surface area contributed by atoms with E-state index in [1.807, 2.05) is 58.2 Å². The van der Waals surface area contributed by atoms with Crippen LogP contribution in [-0.4, -0.2) is 23.9 Å². The summed E-state index contributed by atoms with van der Waals surface area (Å²) in [6.07, 6.45) is 2.73. The Morgan fingerprint density at radius 1 is 0.769 bits per heavy atom. The molecule has 0 fully saturated rings. The van der Waals surface area contributed by atoms with Crippen LogP contribution < -0.4 is 10.1 Å². The minimum Gasteiger partial charge on any atom is -0.257 e. The monoisotopic (exact) mass is 533 g/mol. The molecule has 0 bridgehead atoms. The van der Waals surface area contributed by atoms with Crippen LogP contribution in [0, 0.1) is 6.92 Å². The molecule has 4 aromatic carbocycles. The molecule has 1 aliphatic heterocycles. The van der Waals surface area contributed by atoms with Gasteiger partial charge < -0.3 is 0 Å². The summed E-state index contributed by atoms with van der Waals surface area (Å²) in [5, 5.41) is 17.4. The molecule has 6 rings (SSSR count). The lowest BCUT2D eigenvalue weighted by Gasteiger charge is -2.24. The molecule has 0 amide bonds. The van der Waals surface area contributed by atoms with Gasteiger partial charge in [0, 0.05) is 23.7 Å². The van der Waals surface area contributed by atoms with Crippen LogP contribution in [0.4, 0.5) is 5.69 Å². The number of hydrazone groups is 1. The van der Waals surface area contributed by atoms with E-state index in [1.54, 1.807) is 12.1 Å². The number of para-hydroxylation sites is 1. The number of nitrogens with zero attached hydrogens (tertiary/aromatic N) is 4. The fraction of sp³-hybridized carbons (Fsp3) is 0.0968. The van der Waals surface area contributed by atoms with Crippen molar-refractivity contribution < 1.29 is 8.42 Å². The molecule has 0 saturated carbocycles. The van der Waals surface area contributed by atoms with E-state index in [1.165, 1.54) is 17.7 Å². The first-order valence-corrected chi connectivity index (χ1v) is 14.2. The zero-order valence-corrected chi connectivity index (χ0v) is 22.2. The van der Waals surface area contributed by atoms with Gasteiger partial charge in [0.25, 0.3) is 0 Å². The van der Waals surface area contributed by atoms with Crippen LogP contribution in [0.25, 0.3) is 16.9 Å². The molecule has 8 heteroatoms. The van der Waals surface area contributed by atoms with E-state index >= 15 is 0 Å². The van der Waals surface area contributed by atoms with Crippen molar-refractivity contribution in [2.24, 2.45) is 10.2 Å². The van der Waals surface area contributed by atoms with Crippen LogP contribution in [0.15, 0.2) is 125 Å². The van der Waals surface area contributed by atoms with Crippen molar-refractivity contribution in [1.29, 1.82) is 0 Å². The molecule has 5 aromatic rings. The molecule has 0 spiro atoms. The number of rotatable bonds is 6. The van der Waals surface area contributed by atoms with Crippen molar-refractivity contribution in [1.82, 2.24) is 9.78 Å². The molecule has 0 saturated heterocycles. The van der Waals surface area contributed by atoms with Crippen LogP contribution in [0.2, 0.25) is 0 Å². The fourth-order valence-electron chi connectivity index (χ4n) is 4.86. The average Bonchev–Trinajstić information content (AvgIpc) is 3.59. The molecule has 2 N–H and O–H groups in total. The predicted octanol–water partition coefficient (Wildman–Crippen LogP) is 5.85. The summed E-state index contributed by atoms with van der Waals surface area (Å²) in [6, 6.07) is 34.8. The Morgan fingerprint density at radius 2 is 1.41 bits per heavy atom. The lowest BCUT2D eigenvalue weighted by atomic mass is 9.96. The third-order valence-electron chi connectivity index (χ3n) is 6.89.